The van der Waals surface area contributed by atoms with E-state index in [0.717, 1.165) is 22.1 Å². The number of amides is 1. The van der Waals surface area contributed by atoms with Crippen LogP contribution in [0.3, 0.4) is 0 Å². The van der Waals surface area contributed by atoms with Gasteiger partial charge in [-0.1, -0.05) is 6.07 Å². The number of rotatable bonds is 5. The van der Waals surface area contributed by atoms with E-state index < -0.39 is 16.1 Å². The molecule has 118 valence electrons. The average molecular weight is 332 g/mol. The molecule has 8 heteroatoms. The van der Waals surface area contributed by atoms with Gasteiger partial charge < -0.3 is 10.0 Å². The van der Waals surface area contributed by atoms with Crippen molar-refractivity contribution in [1.29, 1.82) is 0 Å². The number of likely N-dealkylation sites (tertiary alicyclic amines) is 1. The van der Waals surface area contributed by atoms with E-state index in [0.29, 0.717) is 13.1 Å². The monoisotopic (exact) mass is 332 g/mol. The Balaban J connectivity index is 1.97. The summed E-state index contributed by atoms with van der Waals surface area (Å²) in [6, 6.07) is 3.20. The first-order valence-electron chi connectivity index (χ1n) is 6.78. The molecule has 0 radical (unpaired) electrons. The Morgan fingerprint density at radius 1 is 1.62 bits per heavy atom. The summed E-state index contributed by atoms with van der Waals surface area (Å²) in [5, 5.41) is 11.2. The number of thiophene rings is 1. The van der Waals surface area contributed by atoms with E-state index in [1.54, 1.807) is 23.3 Å². The van der Waals surface area contributed by atoms with E-state index in [1.165, 1.54) is 13.1 Å². The first-order chi connectivity index (χ1) is 9.82. The van der Waals surface area contributed by atoms with Crippen LogP contribution in [0.5, 0.6) is 0 Å². The molecule has 0 bridgehead atoms. The smallest absolute Gasteiger partial charge is 0.252 e. The third-order valence-corrected chi connectivity index (χ3v) is 6.95. The second kappa shape index (κ2) is 6.43. The second-order valence-electron chi connectivity index (χ2n) is 5.32. The van der Waals surface area contributed by atoms with E-state index in [2.05, 4.69) is 0 Å². The first kappa shape index (κ1) is 16.4. The fourth-order valence-corrected chi connectivity index (χ4v) is 4.67. The van der Waals surface area contributed by atoms with Gasteiger partial charge in [0.05, 0.1) is 12.6 Å². The van der Waals surface area contributed by atoms with Crippen molar-refractivity contribution < 1.29 is 18.3 Å². The van der Waals surface area contributed by atoms with E-state index in [4.69, 9.17) is 0 Å². The van der Waals surface area contributed by atoms with Crippen molar-refractivity contribution in [2.75, 3.05) is 26.7 Å². The predicted molar refractivity (Wildman–Crippen MR) is 80.5 cm³/mol. The zero-order valence-corrected chi connectivity index (χ0v) is 13.7. The number of nitrogens with zero attached hydrogens (tertiary/aromatic N) is 2. The van der Waals surface area contributed by atoms with Gasteiger partial charge >= 0.3 is 0 Å². The summed E-state index contributed by atoms with van der Waals surface area (Å²) in [6.45, 7) is 2.60. The molecule has 1 aliphatic heterocycles. The summed E-state index contributed by atoms with van der Waals surface area (Å²) in [7, 11) is -2.18. The molecule has 0 saturated carbocycles. The van der Waals surface area contributed by atoms with Crippen LogP contribution in [-0.2, 0) is 14.8 Å². The molecule has 2 atom stereocenters. The van der Waals surface area contributed by atoms with Crippen LogP contribution in [0.25, 0.3) is 0 Å². The summed E-state index contributed by atoms with van der Waals surface area (Å²) in [5.41, 5.74) is 0. The van der Waals surface area contributed by atoms with Crippen molar-refractivity contribution in [1.82, 2.24) is 9.21 Å². The van der Waals surface area contributed by atoms with Crippen molar-refractivity contribution in [3.8, 4) is 0 Å². The molecule has 2 heterocycles. The number of aliphatic hydroxyl groups is 1. The van der Waals surface area contributed by atoms with Gasteiger partial charge in [-0.15, -0.1) is 11.3 Å². The van der Waals surface area contributed by atoms with Crippen LogP contribution >= 0.6 is 11.3 Å². The van der Waals surface area contributed by atoms with Crippen LogP contribution in [0, 0.1) is 5.92 Å². The van der Waals surface area contributed by atoms with Crippen LogP contribution in [0.2, 0.25) is 0 Å². The maximum atomic E-state index is 12.2. The van der Waals surface area contributed by atoms with Crippen molar-refractivity contribution in [2.24, 2.45) is 5.92 Å². The molecule has 1 aliphatic rings. The van der Waals surface area contributed by atoms with Crippen LogP contribution in [-0.4, -0.2) is 61.4 Å². The summed E-state index contributed by atoms with van der Waals surface area (Å²) in [5.74, 6) is -0.144. The highest BCUT2D eigenvalue weighted by molar-refractivity contribution is 7.91. The Kier molecular flexibility index (Phi) is 5.03. The molecule has 21 heavy (non-hydrogen) atoms. The molecule has 1 fully saturated rings. The lowest BCUT2D eigenvalue weighted by atomic mass is 10.0. The largest absolute Gasteiger partial charge is 0.393 e. The fraction of sp³-hybridized carbons (Fsp3) is 0.615. The van der Waals surface area contributed by atoms with Crippen molar-refractivity contribution in [3.05, 3.63) is 17.5 Å². The second-order valence-corrected chi connectivity index (χ2v) is 8.54. The minimum Gasteiger partial charge on any atom is -0.393 e. The fourth-order valence-electron chi connectivity index (χ4n) is 2.35. The van der Waals surface area contributed by atoms with Crippen LogP contribution < -0.4 is 0 Å². The molecule has 1 aromatic rings. The molecule has 0 aliphatic carbocycles. The van der Waals surface area contributed by atoms with E-state index in [-0.39, 0.29) is 22.6 Å². The highest BCUT2D eigenvalue weighted by Gasteiger charge is 2.31. The molecule has 1 N–H and O–H groups in total. The van der Waals surface area contributed by atoms with E-state index in [1.807, 2.05) is 0 Å². The number of sulfonamides is 1. The van der Waals surface area contributed by atoms with Gasteiger partial charge in [0, 0.05) is 26.1 Å². The Morgan fingerprint density at radius 2 is 2.33 bits per heavy atom. The zero-order valence-electron chi connectivity index (χ0n) is 12.1. The summed E-state index contributed by atoms with van der Waals surface area (Å²) < 4.78 is 25.8. The third kappa shape index (κ3) is 3.63. The molecule has 1 saturated heterocycles. The standard InChI is InChI=1S/C13H20N2O4S2/c1-10(16)11-5-6-15(8-11)12(17)9-14(2)21(18,19)13-4-3-7-20-13/h3-4,7,10-11,16H,5-6,8-9H2,1-2H3. The SMILES string of the molecule is CC(O)C1CCN(C(=O)CN(C)S(=O)(=O)c2cccs2)C1. The highest BCUT2D eigenvalue weighted by Crippen LogP contribution is 2.22. The maximum Gasteiger partial charge on any atom is 0.252 e. The van der Waals surface area contributed by atoms with Gasteiger partial charge in [-0.05, 0) is 24.8 Å². The average Bonchev–Trinajstić information content (AvgIpc) is 3.10. The van der Waals surface area contributed by atoms with Crippen molar-refractivity contribution in [2.45, 2.75) is 23.7 Å². The summed E-state index contributed by atoms with van der Waals surface area (Å²) >= 11 is 1.13. The van der Waals surface area contributed by atoms with Crippen LogP contribution in [0.1, 0.15) is 13.3 Å². The number of aliphatic hydroxyl groups excluding tert-OH is 1. The molecule has 1 aromatic heterocycles. The minimum absolute atomic E-state index is 0.0770. The normalized spacial score (nSPS) is 21.0. The Morgan fingerprint density at radius 3 is 2.86 bits per heavy atom. The maximum absolute atomic E-state index is 12.2. The zero-order chi connectivity index (χ0) is 15.6. The number of carbonyl (C=O) groups is 1. The van der Waals surface area contributed by atoms with Gasteiger partial charge in [0.15, 0.2) is 0 Å². The molecule has 2 rings (SSSR count). The molecule has 2 unspecified atom stereocenters. The molecular weight excluding hydrogens is 312 g/mol. The van der Waals surface area contributed by atoms with E-state index >= 15 is 0 Å². The Bertz CT molecular complexity index is 583. The lowest BCUT2D eigenvalue weighted by Crippen LogP contribution is -2.40. The van der Waals surface area contributed by atoms with E-state index in [9.17, 15) is 18.3 Å². The van der Waals surface area contributed by atoms with Crippen LogP contribution in [0.15, 0.2) is 21.7 Å². The third-order valence-electron chi connectivity index (χ3n) is 3.78. The molecular formula is C13H20N2O4S2. The molecule has 6 nitrogen and oxygen atoms in total. The molecule has 0 spiro atoms. The van der Waals surface area contributed by atoms with Gasteiger partial charge in [0.2, 0.25) is 5.91 Å². The quantitative estimate of drug-likeness (QED) is 0.856. The number of likely N-dealkylation sites (N-methyl/N-ethyl adjacent to an activating group) is 1. The number of hydrogen-bond donors (Lipinski definition) is 1. The highest BCUT2D eigenvalue weighted by atomic mass is 32.2. The van der Waals surface area contributed by atoms with Crippen LogP contribution in [0.4, 0.5) is 0 Å². The summed E-state index contributed by atoms with van der Waals surface area (Å²) in [6.07, 6.45) is 0.306. The Hall–Kier alpha value is -0.960. The lowest BCUT2D eigenvalue weighted by molar-refractivity contribution is -0.130. The summed E-state index contributed by atoms with van der Waals surface area (Å²) in [4.78, 5) is 13.8. The number of hydrogen-bond acceptors (Lipinski definition) is 5. The lowest BCUT2D eigenvalue weighted by Gasteiger charge is -2.21. The van der Waals surface area contributed by atoms with Gasteiger partial charge in [-0.25, -0.2) is 8.42 Å². The van der Waals surface area contributed by atoms with Gasteiger partial charge in [0.1, 0.15) is 4.21 Å². The molecule has 1 amide bonds. The predicted octanol–water partition coefficient (Wildman–Crippen LogP) is 0.598. The minimum atomic E-state index is -3.60. The Labute approximate surface area is 129 Å². The van der Waals surface area contributed by atoms with Crippen molar-refractivity contribution in [3.63, 3.8) is 0 Å². The topological polar surface area (TPSA) is 77.9 Å². The van der Waals surface area contributed by atoms with Gasteiger partial charge in [0.25, 0.3) is 10.0 Å². The first-order valence-corrected chi connectivity index (χ1v) is 9.10. The molecule has 0 aromatic carbocycles. The van der Waals surface area contributed by atoms with Gasteiger partial charge in [-0.3, -0.25) is 4.79 Å². The number of carbonyl (C=O) groups excluding carboxylic acids is 1. The van der Waals surface area contributed by atoms with Crippen molar-refractivity contribution >= 4 is 27.3 Å². The van der Waals surface area contributed by atoms with Gasteiger partial charge in [-0.2, -0.15) is 4.31 Å².